The molecule has 0 aromatic heterocycles. The van der Waals surface area contributed by atoms with E-state index in [1.807, 2.05) is 20.8 Å². The molecule has 6 nitrogen and oxygen atoms in total. The third-order valence-corrected chi connectivity index (χ3v) is 4.49. The molecule has 1 unspecified atom stereocenters. The molecule has 0 bridgehead atoms. The Labute approximate surface area is 137 Å². The number of nitrogens with zero attached hydrogens (tertiary/aromatic N) is 2. The van der Waals surface area contributed by atoms with Gasteiger partial charge in [0.05, 0.1) is 16.2 Å². The normalized spacial score (nSPS) is 16.3. The second kappa shape index (κ2) is 7.44. The highest BCUT2D eigenvalue weighted by Crippen LogP contribution is 2.28. The van der Waals surface area contributed by atoms with E-state index in [2.05, 4.69) is 10.2 Å². The Bertz CT molecular complexity index is 580. The first-order valence-corrected chi connectivity index (χ1v) is 8.24. The van der Waals surface area contributed by atoms with Crippen LogP contribution in [-0.2, 0) is 0 Å². The van der Waals surface area contributed by atoms with Crippen molar-refractivity contribution in [3.05, 3.63) is 33.9 Å². The van der Waals surface area contributed by atoms with Crippen LogP contribution in [0.3, 0.4) is 0 Å². The van der Waals surface area contributed by atoms with Crippen LogP contribution in [0, 0.1) is 16.0 Å². The summed E-state index contributed by atoms with van der Waals surface area (Å²) in [6, 6.07) is 4.59. The van der Waals surface area contributed by atoms with Crippen molar-refractivity contribution in [3.63, 3.8) is 0 Å². The Kier molecular flexibility index (Phi) is 5.58. The summed E-state index contributed by atoms with van der Waals surface area (Å²) in [6.07, 6.45) is 3.36. The lowest BCUT2D eigenvalue weighted by Gasteiger charge is -2.30. The average molecular weight is 319 g/mol. The van der Waals surface area contributed by atoms with Crippen molar-refractivity contribution in [1.29, 1.82) is 0 Å². The molecular weight excluding hydrogens is 294 g/mol. The average Bonchev–Trinajstić information content (AvgIpc) is 2.54. The maximum Gasteiger partial charge on any atom is 0.270 e. The van der Waals surface area contributed by atoms with Gasteiger partial charge in [-0.05, 0) is 38.2 Å². The van der Waals surface area contributed by atoms with E-state index in [-0.39, 0.29) is 17.6 Å². The number of carbonyl (C=O) groups is 1. The Morgan fingerprint density at radius 1 is 1.22 bits per heavy atom. The third kappa shape index (κ3) is 4.21. The molecule has 1 fully saturated rings. The van der Waals surface area contributed by atoms with Crippen molar-refractivity contribution >= 4 is 17.3 Å². The maximum atomic E-state index is 12.6. The number of non-ortho nitro benzene ring substituents is 1. The van der Waals surface area contributed by atoms with E-state index in [1.165, 1.54) is 18.6 Å². The van der Waals surface area contributed by atoms with Crippen LogP contribution in [0.5, 0.6) is 0 Å². The molecule has 23 heavy (non-hydrogen) atoms. The molecule has 6 heteroatoms. The monoisotopic (exact) mass is 319 g/mol. The summed E-state index contributed by atoms with van der Waals surface area (Å²) in [7, 11) is 0. The van der Waals surface area contributed by atoms with Crippen LogP contribution in [0.25, 0.3) is 0 Å². The zero-order valence-electron chi connectivity index (χ0n) is 14.0. The van der Waals surface area contributed by atoms with Gasteiger partial charge in [0.25, 0.3) is 11.6 Å². The van der Waals surface area contributed by atoms with Crippen LogP contribution < -0.4 is 10.2 Å². The van der Waals surface area contributed by atoms with Gasteiger partial charge in [0.1, 0.15) is 0 Å². The quantitative estimate of drug-likeness (QED) is 0.667. The van der Waals surface area contributed by atoms with Crippen molar-refractivity contribution in [3.8, 4) is 0 Å². The zero-order valence-corrected chi connectivity index (χ0v) is 14.0. The van der Waals surface area contributed by atoms with E-state index in [0.717, 1.165) is 31.6 Å². The molecular formula is C17H25N3O3. The molecule has 0 saturated carbocycles. The minimum atomic E-state index is -0.456. The van der Waals surface area contributed by atoms with E-state index in [1.54, 1.807) is 6.07 Å². The van der Waals surface area contributed by atoms with Crippen molar-refractivity contribution in [2.75, 3.05) is 18.0 Å². The molecule has 1 saturated heterocycles. The molecule has 1 aliphatic rings. The zero-order chi connectivity index (χ0) is 17.0. The summed E-state index contributed by atoms with van der Waals surface area (Å²) >= 11 is 0. The molecule has 1 atom stereocenters. The van der Waals surface area contributed by atoms with Gasteiger partial charge >= 0.3 is 0 Å². The number of nitro benzene ring substituents is 1. The predicted octanol–water partition coefficient (Wildman–Crippen LogP) is 3.36. The minimum Gasteiger partial charge on any atom is -0.371 e. The summed E-state index contributed by atoms with van der Waals surface area (Å²) in [6.45, 7) is 7.78. The molecule has 1 aliphatic heterocycles. The smallest absolute Gasteiger partial charge is 0.270 e. The molecule has 1 aromatic rings. The number of piperidine rings is 1. The van der Waals surface area contributed by atoms with Gasteiger partial charge in [0.2, 0.25) is 0 Å². The number of hydrogen-bond donors (Lipinski definition) is 1. The third-order valence-electron chi connectivity index (χ3n) is 4.49. The largest absolute Gasteiger partial charge is 0.371 e. The van der Waals surface area contributed by atoms with Gasteiger partial charge in [0.15, 0.2) is 0 Å². The van der Waals surface area contributed by atoms with Crippen molar-refractivity contribution < 1.29 is 9.72 Å². The highest BCUT2D eigenvalue weighted by molar-refractivity contribution is 6.00. The Morgan fingerprint density at radius 2 is 1.87 bits per heavy atom. The van der Waals surface area contributed by atoms with Crippen molar-refractivity contribution in [2.45, 2.75) is 46.1 Å². The first kappa shape index (κ1) is 17.2. The van der Waals surface area contributed by atoms with E-state index in [4.69, 9.17) is 0 Å². The molecule has 1 amide bonds. The number of hydrogen-bond acceptors (Lipinski definition) is 4. The van der Waals surface area contributed by atoms with Crippen molar-refractivity contribution in [2.24, 2.45) is 5.92 Å². The molecule has 0 radical (unpaired) electrons. The van der Waals surface area contributed by atoms with Crippen LogP contribution in [0.1, 0.15) is 50.4 Å². The Morgan fingerprint density at radius 3 is 2.43 bits per heavy atom. The fraction of sp³-hybridized carbons (Fsp3) is 0.588. The number of carbonyl (C=O) groups excluding carboxylic acids is 1. The molecule has 1 heterocycles. The first-order valence-electron chi connectivity index (χ1n) is 8.24. The van der Waals surface area contributed by atoms with E-state index < -0.39 is 4.92 Å². The van der Waals surface area contributed by atoms with E-state index in [9.17, 15) is 14.9 Å². The SMILES string of the molecule is CC(C)C(C)NC(=O)c1cc([N+](=O)[O-])ccc1N1CCCCC1. The summed E-state index contributed by atoms with van der Waals surface area (Å²) in [5.74, 6) is 0.0616. The molecule has 1 N–H and O–H groups in total. The molecule has 1 aromatic carbocycles. The van der Waals surface area contributed by atoms with E-state index in [0.29, 0.717) is 11.5 Å². The lowest BCUT2D eigenvalue weighted by atomic mass is 10.0. The van der Waals surface area contributed by atoms with Gasteiger partial charge in [-0.15, -0.1) is 0 Å². The highest BCUT2D eigenvalue weighted by Gasteiger charge is 2.23. The van der Waals surface area contributed by atoms with Crippen LogP contribution in [0.2, 0.25) is 0 Å². The summed E-state index contributed by atoms with van der Waals surface area (Å²) in [5.41, 5.74) is 1.14. The number of nitrogens with one attached hydrogen (secondary N) is 1. The standard InChI is InChI=1S/C17H25N3O3/c1-12(2)13(3)18-17(21)15-11-14(20(22)23)7-8-16(15)19-9-5-4-6-10-19/h7-8,11-13H,4-6,9-10H2,1-3H3,(H,18,21). The topological polar surface area (TPSA) is 75.5 Å². The summed E-state index contributed by atoms with van der Waals surface area (Å²) < 4.78 is 0. The number of nitro groups is 1. The van der Waals surface area contributed by atoms with Crippen molar-refractivity contribution in [1.82, 2.24) is 5.32 Å². The Hall–Kier alpha value is -2.11. The van der Waals surface area contributed by atoms with Crippen LogP contribution in [-0.4, -0.2) is 30.0 Å². The van der Waals surface area contributed by atoms with Crippen LogP contribution >= 0.6 is 0 Å². The minimum absolute atomic E-state index is 0.0102. The van der Waals surface area contributed by atoms with E-state index >= 15 is 0 Å². The highest BCUT2D eigenvalue weighted by atomic mass is 16.6. The fourth-order valence-corrected chi connectivity index (χ4v) is 2.68. The van der Waals surface area contributed by atoms with Gasteiger partial charge in [-0.3, -0.25) is 14.9 Å². The maximum absolute atomic E-state index is 12.6. The van der Waals surface area contributed by atoms with Gasteiger partial charge < -0.3 is 10.2 Å². The number of rotatable bonds is 5. The lowest BCUT2D eigenvalue weighted by molar-refractivity contribution is -0.384. The molecule has 2 rings (SSSR count). The molecule has 0 aliphatic carbocycles. The van der Waals surface area contributed by atoms with Gasteiger partial charge in [-0.2, -0.15) is 0 Å². The van der Waals surface area contributed by atoms with Gasteiger partial charge in [-0.1, -0.05) is 13.8 Å². The van der Waals surface area contributed by atoms with Gasteiger partial charge in [0, 0.05) is 31.3 Å². The summed E-state index contributed by atoms with van der Waals surface area (Å²) in [5, 5.41) is 14.0. The molecule has 0 spiro atoms. The second-order valence-electron chi connectivity index (χ2n) is 6.51. The first-order chi connectivity index (χ1) is 10.9. The number of amides is 1. The molecule has 126 valence electrons. The van der Waals surface area contributed by atoms with Crippen LogP contribution in [0.4, 0.5) is 11.4 Å². The second-order valence-corrected chi connectivity index (χ2v) is 6.51. The number of anilines is 1. The van der Waals surface area contributed by atoms with Crippen LogP contribution in [0.15, 0.2) is 18.2 Å². The Balaban J connectivity index is 2.34. The summed E-state index contributed by atoms with van der Waals surface area (Å²) in [4.78, 5) is 25.4. The fourth-order valence-electron chi connectivity index (χ4n) is 2.68. The predicted molar refractivity (Wildman–Crippen MR) is 90.9 cm³/mol. The number of benzene rings is 1. The van der Waals surface area contributed by atoms with Gasteiger partial charge in [-0.25, -0.2) is 0 Å². The lowest BCUT2D eigenvalue weighted by Crippen LogP contribution is -2.38.